The molecule has 2 aromatic carbocycles. The molecule has 3 aromatic rings. The molecule has 2 aliphatic heterocycles. The molecule has 7 heteroatoms. The van der Waals surface area contributed by atoms with Gasteiger partial charge in [-0.25, -0.2) is 0 Å². The Morgan fingerprint density at radius 3 is 2.52 bits per heavy atom. The predicted octanol–water partition coefficient (Wildman–Crippen LogP) is 3.24. The van der Waals surface area contributed by atoms with Gasteiger partial charge in [0.15, 0.2) is 11.5 Å². The summed E-state index contributed by atoms with van der Waals surface area (Å²) >= 11 is 0. The number of rotatable bonds is 4. The van der Waals surface area contributed by atoms with Gasteiger partial charge in [0, 0.05) is 43.1 Å². The highest BCUT2D eigenvalue weighted by Crippen LogP contribution is 2.39. The first-order valence-corrected chi connectivity index (χ1v) is 10.6. The normalized spacial score (nSPS) is 15.4. The van der Waals surface area contributed by atoms with Crippen LogP contribution in [0.25, 0.3) is 11.1 Å². The smallest absolute Gasteiger partial charge is 0.244 e. The van der Waals surface area contributed by atoms with E-state index in [4.69, 9.17) is 9.47 Å². The molecule has 1 amide bonds. The van der Waals surface area contributed by atoms with Gasteiger partial charge >= 0.3 is 0 Å². The molecule has 0 atom stereocenters. The van der Waals surface area contributed by atoms with Crippen molar-refractivity contribution in [1.29, 1.82) is 0 Å². The summed E-state index contributed by atoms with van der Waals surface area (Å²) in [5.74, 6) is 1.69. The van der Waals surface area contributed by atoms with Crippen molar-refractivity contribution in [3.05, 3.63) is 59.9 Å². The van der Waals surface area contributed by atoms with Gasteiger partial charge in [-0.05, 0) is 43.7 Å². The summed E-state index contributed by atoms with van der Waals surface area (Å²) in [4.78, 5) is 17.1. The van der Waals surface area contributed by atoms with E-state index in [1.54, 1.807) is 4.68 Å². The van der Waals surface area contributed by atoms with E-state index in [2.05, 4.69) is 40.3 Å². The summed E-state index contributed by atoms with van der Waals surface area (Å²) in [6.45, 7) is 7.50. The Bertz CT molecular complexity index is 1120. The molecule has 0 spiro atoms. The average Bonchev–Trinajstić information content (AvgIpc) is 3.38. The standard InChI is InChI=1S/C24H26N4O3/c1-17-13-18(2)28(25-17)15-24(29)27-11-9-26(10-12-27)21-6-4-3-5-20(21)19-7-8-22-23(14-19)31-16-30-22/h3-8,13-14H,9-12,15-16H2,1-2H3. The highest BCUT2D eigenvalue weighted by Gasteiger charge is 2.24. The third-order valence-electron chi connectivity index (χ3n) is 5.95. The lowest BCUT2D eigenvalue weighted by atomic mass is 10.0. The van der Waals surface area contributed by atoms with Crippen molar-refractivity contribution in [2.24, 2.45) is 0 Å². The van der Waals surface area contributed by atoms with Crippen molar-refractivity contribution >= 4 is 11.6 Å². The van der Waals surface area contributed by atoms with Crippen molar-refractivity contribution < 1.29 is 14.3 Å². The zero-order chi connectivity index (χ0) is 21.4. The number of aryl methyl sites for hydroxylation is 2. The average molecular weight is 418 g/mol. The monoisotopic (exact) mass is 418 g/mol. The molecule has 7 nitrogen and oxygen atoms in total. The van der Waals surface area contributed by atoms with Gasteiger partial charge in [-0.1, -0.05) is 24.3 Å². The quantitative estimate of drug-likeness (QED) is 0.651. The summed E-state index contributed by atoms with van der Waals surface area (Å²) in [6.07, 6.45) is 0. The van der Waals surface area contributed by atoms with Crippen LogP contribution in [0.15, 0.2) is 48.5 Å². The van der Waals surface area contributed by atoms with Gasteiger partial charge < -0.3 is 19.3 Å². The van der Waals surface area contributed by atoms with Crippen LogP contribution in [0.1, 0.15) is 11.4 Å². The molecule has 5 rings (SSSR count). The lowest BCUT2D eigenvalue weighted by Crippen LogP contribution is -2.49. The zero-order valence-electron chi connectivity index (χ0n) is 17.9. The van der Waals surface area contributed by atoms with Gasteiger partial charge in [0.05, 0.1) is 5.69 Å². The summed E-state index contributed by atoms with van der Waals surface area (Å²) in [6, 6.07) is 16.5. The fraction of sp³-hybridized carbons (Fsp3) is 0.333. The molecule has 0 aliphatic carbocycles. The number of hydrogen-bond donors (Lipinski definition) is 0. The zero-order valence-corrected chi connectivity index (χ0v) is 17.9. The van der Waals surface area contributed by atoms with Gasteiger partial charge in [-0.15, -0.1) is 0 Å². The molecule has 0 N–H and O–H groups in total. The second kappa shape index (κ2) is 7.98. The fourth-order valence-electron chi connectivity index (χ4n) is 4.32. The number of para-hydroxylation sites is 1. The van der Waals surface area contributed by atoms with Gasteiger partial charge in [0.2, 0.25) is 12.7 Å². The van der Waals surface area contributed by atoms with E-state index in [0.717, 1.165) is 47.1 Å². The number of fused-ring (bicyclic) bond motifs is 1. The first-order valence-electron chi connectivity index (χ1n) is 10.6. The molecule has 1 aromatic heterocycles. The second-order valence-corrected chi connectivity index (χ2v) is 8.04. The van der Waals surface area contributed by atoms with Crippen LogP contribution < -0.4 is 14.4 Å². The fourth-order valence-corrected chi connectivity index (χ4v) is 4.32. The molecule has 0 saturated carbocycles. The molecule has 3 heterocycles. The summed E-state index contributed by atoms with van der Waals surface area (Å²) in [5.41, 5.74) is 5.38. The van der Waals surface area contributed by atoms with E-state index in [9.17, 15) is 4.79 Å². The van der Waals surface area contributed by atoms with E-state index in [1.165, 1.54) is 5.69 Å². The van der Waals surface area contributed by atoms with Crippen molar-refractivity contribution in [3.8, 4) is 22.6 Å². The minimum absolute atomic E-state index is 0.120. The van der Waals surface area contributed by atoms with Crippen molar-refractivity contribution in [2.75, 3.05) is 37.9 Å². The molecule has 31 heavy (non-hydrogen) atoms. The number of nitrogens with zero attached hydrogens (tertiary/aromatic N) is 4. The SMILES string of the molecule is Cc1cc(C)n(CC(=O)N2CCN(c3ccccc3-c3ccc4c(c3)OCO4)CC2)n1. The van der Waals surface area contributed by atoms with Crippen molar-refractivity contribution in [3.63, 3.8) is 0 Å². The number of carbonyl (C=O) groups is 1. The topological polar surface area (TPSA) is 59.8 Å². The van der Waals surface area contributed by atoms with Crippen LogP contribution in [0.3, 0.4) is 0 Å². The largest absolute Gasteiger partial charge is 0.454 e. The molecule has 2 aliphatic rings. The van der Waals surface area contributed by atoms with Gasteiger partial charge in [-0.2, -0.15) is 5.10 Å². The molecular weight excluding hydrogens is 392 g/mol. The van der Waals surface area contributed by atoms with Crippen LogP contribution >= 0.6 is 0 Å². The van der Waals surface area contributed by atoms with E-state index < -0.39 is 0 Å². The molecule has 1 saturated heterocycles. The Kier molecular flexibility index (Phi) is 5.02. The maximum Gasteiger partial charge on any atom is 0.244 e. The molecule has 1 fully saturated rings. The Hall–Kier alpha value is -3.48. The first-order chi connectivity index (χ1) is 15.1. The molecule has 0 bridgehead atoms. The van der Waals surface area contributed by atoms with Crippen LogP contribution in [-0.2, 0) is 11.3 Å². The highest BCUT2D eigenvalue weighted by atomic mass is 16.7. The third kappa shape index (κ3) is 3.83. The Balaban J connectivity index is 1.29. The lowest BCUT2D eigenvalue weighted by molar-refractivity contribution is -0.132. The van der Waals surface area contributed by atoms with E-state index in [-0.39, 0.29) is 12.7 Å². The maximum absolute atomic E-state index is 12.8. The molecule has 0 radical (unpaired) electrons. The Morgan fingerprint density at radius 1 is 0.968 bits per heavy atom. The minimum atomic E-state index is 0.120. The van der Waals surface area contributed by atoms with Crippen molar-refractivity contribution in [1.82, 2.24) is 14.7 Å². The molecule has 0 unspecified atom stereocenters. The Labute approximate surface area is 181 Å². The van der Waals surface area contributed by atoms with Gasteiger partial charge in [0.25, 0.3) is 0 Å². The highest BCUT2D eigenvalue weighted by molar-refractivity contribution is 5.81. The number of amides is 1. The number of aromatic nitrogens is 2. The summed E-state index contributed by atoms with van der Waals surface area (Å²) < 4.78 is 12.8. The summed E-state index contributed by atoms with van der Waals surface area (Å²) in [7, 11) is 0. The van der Waals surface area contributed by atoms with E-state index in [1.807, 2.05) is 36.9 Å². The number of benzene rings is 2. The number of piperazine rings is 1. The van der Waals surface area contributed by atoms with E-state index in [0.29, 0.717) is 19.6 Å². The second-order valence-electron chi connectivity index (χ2n) is 8.04. The van der Waals surface area contributed by atoms with Gasteiger partial charge in [0.1, 0.15) is 6.54 Å². The maximum atomic E-state index is 12.8. The number of anilines is 1. The van der Waals surface area contributed by atoms with Crippen LogP contribution in [0.2, 0.25) is 0 Å². The van der Waals surface area contributed by atoms with Crippen LogP contribution in [0.5, 0.6) is 11.5 Å². The van der Waals surface area contributed by atoms with Gasteiger partial charge in [-0.3, -0.25) is 9.48 Å². The number of carbonyl (C=O) groups excluding carboxylic acids is 1. The van der Waals surface area contributed by atoms with Crippen LogP contribution in [0, 0.1) is 13.8 Å². The molecule has 160 valence electrons. The Morgan fingerprint density at radius 2 is 1.74 bits per heavy atom. The lowest BCUT2D eigenvalue weighted by Gasteiger charge is -2.37. The predicted molar refractivity (Wildman–Crippen MR) is 118 cm³/mol. The first kappa shape index (κ1) is 19.5. The molecular formula is C24H26N4O3. The third-order valence-corrected chi connectivity index (χ3v) is 5.95. The van der Waals surface area contributed by atoms with E-state index >= 15 is 0 Å². The van der Waals surface area contributed by atoms with Crippen LogP contribution in [-0.4, -0.2) is 53.6 Å². The number of hydrogen-bond acceptors (Lipinski definition) is 5. The minimum Gasteiger partial charge on any atom is -0.454 e. The van der Waals surface area contributed by atoms with Crippen molar-refractivity contribution in [2.45, 2.75) is 20.4 Å². The summed E-state index contributed by atoms with van der Waals surface area (Å²) in [5, 5.41) is 4.42. The number of ether oxygens (including phenoxy) is 2. The van der Waals surface area contributed by atoms with Crippen LogP contribution in [0.4, 0.5) is 5.69 Å².